The minimum absolute atomic E-state index is 0.125. The third-order valence-electron chi connectivity index (χ3n) is 2.36. The zero-order valence-corrected chi connectivity index (χ0v) is 10.4. The van der Waals surface area contributed by atoms with Crippen molar-refractivity contribution in [1.82, 2.24) is 9.47 Å². The fourth-order valence-electron chi connectivity index (χ4n) is 1.54. The molecule has 0 saturated carbocycles. The van der Waals surface area contributed by atoms with Crippen molar-refractivity contribution in [3.8, 4) is 0 Å². The molecular formula is C11H14ClF3N2O. The normalized spacial score (nSPS) is 12.1. The maximum atomic E-state index is 12.3. The van der Waals surface area contributed by atoms with Gasteiger partial charge in [-0.2, -0.15) is 13.2 Å². The summed E-state index contributed by atoms with van der Waals surface area (Å²) in [6.07, 6.45) is -2.71. The summed E-state index contributed by atoms with van der Waals surface area (Å²) in [7, 11) is 0. The van der Waals surface area contributed by atoms with E-state index in [1.165, 1.54) is 15.5 Å². The molecule has 0 fully saturated rings. The first-order valence-electron chi connectivity index (χ1n) is 5.43. The first-order chi connectivity index (χ1) is 8.42. The molecule has 0 amide bonds. The fraction of sp³-hybridized carbons (Fsp3) is 0.545. The Hall–Kier alpha value is -1.01. The number of pyridine rings is 1. The van der Waals surface area contributed by atoms with Gasteiger partial charge in [0.15, 0.2) is 0 Å². The van der Waals surface area contributed by atoms with E-state index in [1.807, 2.05) is 0 Å². The predicted octanol–water partition coefficient (Wildman–Crippen LogP) is 1.95. The second kappa shape index (κ2) is 6.80. The Bertz CT molecular complexity index is 419. The van der Waals surface area contributed by atoms with Crippen molar-refractivity contribution in [3.05, 3.63) is 34.7 Å². The summed E-state index contributed by atoms with van der Waals surface area (Å²) in [6.45, 7) is -0.521. The van der Waals surface area contributed by atoms with E-state index in [1.54, 1.807) is 18.3 Å². The van der Waals surface area contributed by atoms with Crippen molar-refractivity contribution in [2.24, 2.45) is 0 Å². The van der Waals surface area contributed by atoms with Gasteiger partial charge in [-0.25, -0.2) is 0 Å². The van der Waals surface area contributed by atoms with Gasteiger partial charge >= 0.3 is 6.18 Å². The summed E-state index contributed by atoms with van der Waals surface area (Å²) in [5.74, 6) is 0.125. The van der Waals surface area contributed by atoms with Crippen molar-refractivity contribution in [1.29, 1.82) is 0 Å². The SMILES string of the molecule is O=c1ccccn1CCN(CCCl)CC(F)(F)F. The highest BCUT2D eigenvalue weighted by atomic mass is 35.5. The molecule has 0 aliphatic carbocycles. The summed E-state index contributed by atoms with van der Waals surface area (Å²) in [4.78, 5) is 12.6. The molecule has 1 aromatic rings. The number of hydrogen-bond acceptors (Lipinski definition) is 2. The Kier molecular flexibility index (Phi) is 5.68. The lowest BCUT2D eigenvalue weighted by Gasteiger charge is -2.22. The molecule has 0 unspecified atom stereocenters. The number of nitrogens with zero attached hydrogens (tertiary/aromatic N) is 2. The van der Waals surface area contributed by atoms with Crippen LogP contribution in [0.2, 0.25) is 0 Å². The fourth-order valence-corrected chi connectivity index (χ4v) is 1.78. The summed E-state index contributed by atoms with van der Waals surface area (Å²) in [5, 5.41) is 0. The first-order valence-corrected chi connectivity index (χ1v) is 5.96. The molecule has 1 aromatic heterocycles. The topological polar surface area (TPSA) is 25.2 Å². The van der Waals surface area contributed by atoms with Crippen LogP contribution in [-0.2, 0) is 6.54 Å². The van der Waals surface area contributed by atoms with E-state index in [0.29, 0.717) is 0 Å². The van der Waals surface area contributed by atoms with Crippen LogP contribution < -0.4 is 5.56 Å². The lowest BCUT2D eigenvalue weighted by molar-refractivity contribution is -0.145. The maximum absolute atomic E-state index is 12.3. The Balaban J connectivity index is 2.57. The largest absolute Gasteiger partial charge is 0.401 e. The van der Waals surface area contributed by atoms with E-state index in [4.69, 9.17) is 11.6 Å². The second-order valence-electron chi connectivity index (χ2n) is 3.81. The van der Waals surface area contributed by atoms with E-state index < -0.39 is 12.7 Å². The van der Waals surface area contributed by atoms with E-state index in [-0.39, 0.29) is 31.1 Å². The van der Waals surface area contributed by atoms with Gasteiger partial charge in [0.05, 0.1) is 6.54 Å². The highest BCUT2D eigenvalue weighted by Crippen LogP contribution is 2.16. The van der Waals surface area contributed by atoms with Crippen LogP contribution in [0.25, 0.3) is 0 Å². The van der Waals surface area contributed by atoms with Crippen LogP contribution >= 0.6 is 11.6 Å². The second-order valence-corrected chi connectivity index (χ2v) is 4.19. The van der Waals surface area contributed by atoms with Gasteiger partial charge in [-0.15, -0.1) is 11.6 Å². The van der Waals surface area contributed by atoms with Crippen molar-refractivity contribution in [2.75, 3.05) is 25.5 Å². The molecule has 0 N–H and O–H groups in total. The smallest absolute Gasteiger partial charge is 0.314 e. The van der Waals surface area contributed by atoms with Crippen LogP contribution in [-0.4, -0.2) is 41.2 Å². The van der Waals surface area contributed by atoms with Gasteiger partial charge in [0.1, 0.15) is 0 Å². The maximum Gasteiger partial charge on any atom is 0.401 e. The standard InChI is InChI=1S/C11H14ClF3N2O/c12-4-6-16(9-11(13,14)15)7-8-17-5-2-1-3-10(17)18/h1-3,5H,4,6-9H2. The molecule has 102 valence electrons. The number of aromatic nitrogens is 1. The Labute approximate surface area is 108 Å². The molecule has 0 aromatic carbocycles. The van der Waals surface area contributed by atoms with E-state index in [0.717, 1.165) is 0 Å². The van der Waals surface area contributed by atoms with Crippen LogP contribution in [0, 0.1) is 0 Å². The molecule has 0 aliphatic rings. The number of alkyl halides is 4. The average Bonchev–Trinajstić information content (AvgIpc) is 2.26. The third-order valence-corrected chi connectivity index (χ3v) is 2.53. The molecule has 0 aliphatic heterocycles. The van der Waals surface area contributed by atoms with E-state index in [9.17, 15) is 18.0 Å². The van der Waals surface area contributed by atoms with Crippen LogP contribution in [0.4, 0.5) is 13.2 Å². The van der Waals surface area contributed by atoms with Gasteiger partial charge in [0.25, 0.3) is 5.56 Å². The van der Waals surface area contributed by atoms with Crippen LogP contribution in [0.15, 0.2) is 29.2 Å². The third kappa shape index (κ3) is 5.55. The summed E-state index contributed by atoms with van der Waals surface area (Å²) in [5.41, 5.74) is -0.227. The lowest BCUT2D eigenvalue weighted by atomic mass is 10.4. The first kappa shape index (κ1) is 15.0. The molecule has 7 heteroatoms. The van der Waals surface area contributed by atoms with Crippen molar-refractivity contribution in [3.63, 3.8) is 0 Å². The van der Waals surface area contributed by atoms with Gasteiger partial charge in [-0.1, -0.05) is 6.07 Å². The molecule has 18 heavy (non-hydrogen) atoms. The van der Waals surface area contributed by atoms with E-state index in [2.05, 4.69) is 0 Å². The highest BCUT2D eigenvalue weighted by molar-refractivity contribution is 6.18. The van der Waals surface area contributed by atoms with Crippen molar-refractivity contribution < 1.29 is 13.2 Å². The number of halogens is 4. The lowest BCUT2D eigenvalue weighted by Crippen LogP contribution is -2.38. The zero-order valence-electron chi connectivity index (χ0n) is 9.66. The Morgan fingerprint density at radius 1 is 1.28 bits per heavy atom. The molecular weight excluding hydrogens is 269 g/mol. The molecule has 3 nitrogen and oxygen atoms in total. The Morgan fingerprint density at radius 3 is 2.56 bits per heavy atom. The highest BCUT2D eigenvalue weighted by Gasteiger charge is 2.30. The monoisotopic (exact) mass is 282 g/mol. The van der Waals surface area contributed by atoms with Gasteiger partial charge in [-0.05, 0) is 6.07 Å². The molecule has 0 bridgehead atoms. The summed E-state index contributed by atoms with van der Waals surface area (Å²) >= 11 is 5.46. The van der Waals surface area contributed by atoms with Gasteiger partial charge < -0.3 is 4.57 Å². The molecule has 0 saturated heterocycles. The predicted molar refractivity (Wildman–Crippen MR) is 63.9 cm³/mol. The van der Waals surface area contributed by atoms with E-state index >= 15 is 0 Å². The summed E-state index contributed by atoms with van der Waals surface area (Å²) < 4.78 is 38.2. The zero-order chi connectivity index (χ0) is 13.6. The average molecular weight is 283 g/mol. The molecule has 0 atom stereocenters. The minimum atomic E-state index is -4.26. The summed E-state index contributed by atoms with van der Waals surface area (Å²) in [6, 6.07) is 4.62. The minimum Gasteiger partial charge on any atom is -0.314 e. The Morgan fingerprint density at radius 2 is 2.00 bits per heavy atom. The van der Waals surface area contributed by atoms with Gasteiger partial charge in [0.2, 0.25) is 0 Å². The van der Waals surface area contributed by atoms with Crippen molar-refractivity contribution in [2.45, 2.75) is 12.7 Å². The molecule has 1 heterocycles. The van der Waals surface area contributed by atoms with Gasteiger partial charge in [0, 0.05) is 37.8 Å². The quantitative estimate of drug-likeness (QED) is 0.745. The number of hydrogen-bond donors (Lipinski definition) is 0. The van der Waals surface area contributed by atoms with Gasteiger partial charge in [-0.3, -0.25) is 9.69 Å². The molecule has 0 spiro atoms. The van der Waals surface area contributed by atoms with Crippen LogP contribution in [0.1, 0.15) is 0 Å². The van der Waals surface area contributed by atoms with Crippen LogP contribution in [0.3, 0.4) is 0 Å². The van der Waals surface area contributed by atoms with Crippen LogP contribution in [0.5, 0.6) is 0 Å². The van der Waals surface area contributed by atoms with Crippen molar-refractivity contribution >= 4 is 11.6 Å². The molecule has 0 radical (unpaired) electrons. The molecule has 1 rings (SSSR count). The number of rotatable bonds is 6.